The van der Waals surface area contributed by atoms with E-state index < -0.39 is 12.2 Å². The first-order valence-corrected chi connectivity index (χ1v) is 5.27. The minimum atomic E-state index is -1.00. The van der Waals surface area contributed by atoms with Crippen molar-refractivity contribution < 1.29 is 20.4 Å². The molecule has 0 saturated carbocycles. The van der Waals surface area contributed by atoms with Crippen LogP contribution in [0.4, 0.5) is 0 Å². The molecule has 2 atom stereocenters. The van der Waals surface area contributed by atoms with Crippen LogP contribution in [0.2, 0.25) is 0 Å². The van der Waals surface area contributed by atoms with Crippen LogP contribution in [0, 0.1) is 6.92 Å². The van der Waals surface area contributed by atoms with Crippen molar-refractivity contribution in [1.29, 1.82) is 0 Å². The number of benzene rings is 1. The van der Waals surface area contributed by atoms with Gasteiger partial charge >= 0.3 is 0 Å². The third-order valence-electron chi connectivity index (χ3n) is 2.62. The Morgan fingerprint density at radius 2 is 1.88 bits per heavy atom. The number of aryl methyl sites for hydroxylation is 1. The van der Waals surface area contributed by atoms with E-state index >= 15 is 0 Å². The summed E-state index contributed by atoms with van der Waals surface area (Å²) in [5.74, 6) is 0. The lowest BCUT2D eigenvalue weighted by molar-refractivity contribution is 0.00387. The van der Waals surface area contributed by atoms with E-state index in [0.717, 1.165) is 11.1 Å². The maximum Gasteiger partial charge on any atom is 0.105 e. The maximum atomic E-state index is 9.84. The van der Waals surface area contributed by atoms with Crippen molar-refractivity contribution in [3.8, 4) is 0 Å². The summed E-state index contributed by atoms with van der Waals surface area (Å²) >= 11 is 0. The van der Waals surface area contributed by atoms with Gasteiger partial charge in [0.1, 0.15) is 6.10 Å². The van der Waals surface area contributed by atoms with Gasteiger partial charge < -0.3 is 20.4 Å². The fourth-order valence-corrected chi connectivity index (χ4v) is 1.67. The van der Waals surface area contributed by atoms with E-state index in [0.29, 0.717) is 5.56 Å². The van der Waals surface area contributed by atoms with E-state index in [1.54, 1.807) is 18.2 Å². The van der Waals surface area contributed by atoms with Crippen LogP contribution in [0.3, 0.4) is 0 Å². The third-order valence-corrected chi connectivity index (χ3v) is 2.62. The Hall–Kier alpha value is -0.940. The van der Waals surface area contributed by atoms with Gasteiger partial charge in [-0.05, 0) is 30.0 Å². The van der Waals surface area contributed by atoms with Crippen LogP contribution in [0.25, 0.3) is 0 Å². The lowest BCUT2D eigenvalue weighted by Crippen LogP contribution is -2.20. The summed E-state index contributed by atoms with van der Waals surface area (Å²) in [6, 6.07) is 5.16. The zero-order valence-electron chi connectivity index (χ0n) is 9.30. The molecule has 0 aromatic heterocycles. The van der Waals surface area contributed by atoms with Crippen molar-refractivity contribution in [1.82, 2.24) is 0 Å². The lowest BCUT2D eigenvalue weighted by Gasteiger charge is -2.19. The summed E-state index contributed by atoms with van der Waals surface area (Å²) in [4.78, 5) is 0. The Morgan fingerprint density at radius 1 is 1.19 bits per heavy atom. The second kappa shape index (κ2) is 5.96. The van der Waals surface area contributed by atoms with Crippen LogP contribution in [-0.2, 0) is 6.61 Å². The van der Waals surface area contributed by atoms with Crippen LogP contribution in [0.1, 0.15) is 29.2 Å². The normalized spacial score (nSPS) is 14.8. The molecule has 1 aromatic carbocycles. The minimum absolute atomic E-state index is 0.0452. The zero-order chi connectivity index (χ0) is 12.1. The van der Waals surface area contributed by atoms with Gasteiger partial charge in [-0.25, -0.2) is 0 Å². The van der Waals surface area contributed by atoms with E-state index in [9.17, 15) is 10.2 Å². The molecule has 1 rings (SSSR count). The van der Waals surface area contributed by atoms with Gasteiger partial charge in [-0.3, -0.25) is 0 Å². The van der Waals surface area contributed by atoms with E-state index in [-0.39, 0.29) is 19.6 Å². The standard InChI is InChI=1S/C12H18O4/c1-8-6-9(7-14)2-3-10(8)12(16)11(15)4-5-13/h2-3,6,11-16H,4-5,7H2,1H3. The molecular weight excluding hydrogens is 208 g/mol. The monoisotopic (exact) mass is 226 g/mol. The molecule has 16 heavy (non-hydrogen) atoms. The highest BCUT2D eigenvalue weighted by molar-refractivity contribution is 5.32. The second-order valence-electron chi connectivity index (χ2n) is 3.87. The quantitative estimate of drug-likeness (QED) is 0.580. The number of hydrogen-bond donors (Lipinski definition) is 4. The predicted octanol–water partition coefficient (Wildman–Crippen LogP) is 0.264. The van der Waals surface area contributed by atoms with Gasteiger partial charge in [0, 0.05) is 6.61 Å². The maximum absolute atomic E-state index is 9.84. The van der Waals surface area contributed by atoms with Crippen molar-refractivity contribution in [2.45, 2.75) is 32.2 Å². The number of hydrogen-bond acceptors (Lipinski definition) is 4. The summed E-state index contributed by atoms with van der Waals surface area (Å²) in [6.45, 7) is 1.60. The van der Waals surface area contributed by atoms with Crippen LogP contribution in [-0.4, -0.2) is 33.1 Å². The van der Waals surface area contributed by atoms with Gasteiger partial charge in [0.05, 0.1) is 12.7 Å². The fourth-order valence-electron chi connectivity index (χ4n) is 1.67. The third kappa shape index (κ3) is 3.02. The smallest absolute Gasteiger partial charge is 0.105 e. The van der Waals surface area contributed by atoms with Crippen molar-refractivity contribution in [3.63, 3.8) is 0 Å². The molecule has 90 valence electrons. The number of rotatable bonds is 5. The Morgan fingerprint density at radius 3 is 2.38 bits per heavy atom. The highest BCUT2D eigenvalue weighted by Gasteiger charge is 2.19. The summed E-state index contributed by atoms with van der Waals surface area (Å²) in [5, 5.41) is 37.0. The molecule has 0 aliphatic rings. The molecule has 4 heteroatoms. The summed E-state index contributed by atoms with van der Waals surface area (Å²) < 4.78 is 0. The average molecular weight is 226 g/mol. The van der Waals surface area contributed by atoms with Crippen LogP contribution in [0.5, 0.6) is 0 Å². The van der Waals surface area contributed by atoms with Gasteiger partial charge in [-0.1, -0.05) is 18.2 Å². The fraction of sp³-hybridized carbons (Fsp3) is 0.500. The second-order valence-corrected chi connectivity index (χ2v) is 3.87. The number of aliphatic hydroxyl groups excluding tert-OH is 4. The minimum Gasteiger partial charge on any atom is -0.396 e. The Bertz CT molecular complexity index is 338. The molecule has 0 bridgehead atoms. The average Bonchev–Trinajstić information content (AvgIpc) is 2.28. The Kier molecular flexibility index (Phi) is 4.89. The van der Waals surface area contributed by atoms with Gasteiger partial charge in [-0.2, -0.15) is 0 Å². The summed E-state index contributed by atoms with van der Waals surface area (Å²) in [6.07, 6.45) is -1.83. The van der Waals surface area contributed by atoms with Crippen molar-refractivity contribution in [2.24, 2.45) is 0 Å². The highest BCUT2D eigenvalue weighted by Crippen LogP contribution is 2.23. The SMILES string of the molecule is Cc1cc(CO)ccc1C(O)C(O)CCO. The molecule has 1 aromatic rings. The summed E-state index contributed by atoms with van der Waals surface area (Å²) in [7, 11) is 0. The van der Waals surface area contributed by atoms with E-state index in [1.165, 1.54) is 0 Å². The van der Waals surface area contributed by atoms with E-state index in [4.69, 9.17) is 10.2 Å². The van der Waals surface area contributed by atoms with Gasteiger partial charge in [0.15, 0.2) is 0 Å². The molecule has 0 spiro atoms. The first-order valence-electron chi connectivity index (χ1n) is 5.27. The van der Waals surface area contributed by atoms with Crippen molar-refractivity contribution >= 4 is 0 Å². The van der Waals surface area contributed by atoms with Gasteiger partial charge in [0.25, 0.3) is 0 Å². The van der Waals surface area contributed by atoms with E-state index in [1.807, 2.05) is 6.92 Å². The molecule has 4 N–H and O–H groups in total. The van der Waals surface area contributed by atoms with Crippen LogP contribution < -0.4 is 0 Å². The molecular formula is C12H18O4. The Labute approximate surface area is 94.8 Å². The molecule has 0 amide bonds. The molecule has 0 radical (unpaired) electrons. The highest BCUT2D eigenvalue weighted by atomic mass is 16.3. The summed E-state index contributed by atoms with van der Waals surface area (Å²) in [5.41, 5.74) is 2.21. The molecule has 2 unspecified atom stereocenters. The van der Waals surface area contributed by atoms with E-state index in [2.05, 4.69) is 0 Å². The van der Waals surface area contributed by atoms with Gasteiger partial charge in [-0.15, -0.1) is 0 Å². The topological polar surface area (TPSA) is 80.9 Å². The molecule has 0 aliphatic heterocycles. The van der Waals surface area contributed by atoms with Crippen LogP contribution >= 0.6 is 0 Å². The number of aliphatic hydroxyl groups is 4. The molecule has 0 fully saturated rings. The van der Waals surface area contributed by atoms with Crippen molar-refractivity contribution in [3.05, 3.63) is 34.9 Å². The molecule has 0 aliphatic carbocycles. The van der Waals surface area contributed by atoms with Gasteiger partial charge in [0.2, 0.25) is 0 Å². The Balaban J connectivity index is 2.87. The van der Waals surface area contributed by atoms with Crippen LogP contribution in [0.15, 0.2) is 18.2 Å². The van der Waals surface area contributed by atoms with Crippen molar-refractivity contribution in [2.75, 3.05) is 6.61 Å². The first-order chi connectivity index (χ1) is 7.60. The largest absolute Gasteiger partial charge is 0.396 e. The first kappa shape index (κ1) is 13.1. The zero-order valence-corrected chi connectivity index (χ0v) is 9.30. The molecule has 0 saturated heterocycles. The predicted molar refractivity (Wildman–Crippen MR) is 59.8 cm³/mol. The molecule has 4 nitrogen and oxygen atoms in total. The molecule has 0 heterocycles. The lowest BCUT2D eigenvalue weighted by atomic mass is 9.96.